The van der Waals surface area contributed by atoms with Gasteiger partial charge in [-0.3, -0.25) is 0 Å². The molecule has 0 heterocycles. The van der Waals surface area contributed by atoms with E-state index in [9.17, 15) is 26.7 Å². The summed E-state index contributed by atoms with van der Waals surface area (Å²) in [5, 5.41) is -0.579. The molecule has 4 nitrogen and oxygen atoms in total. The maximum Gasteiger partial charge on any atom is 0.573 e. The summed E-state index contributed by atoms with van der Waals surface area (Å²) in [6, 6.07) is 0.209. The molecule has 1 aromatic rings. The van der Waals surface area contributed by atoms with Gasteiger partial charge in [-0.25, -0.2) is 4.79 Å². The average Bonchev–Trinajstić information content (AvgIpc) is 2.39. The summed E-state index contributed by atoms with van der Waals surface area (Å²) in [5.41, 5.74) is 4.93. The highest BCUT2D eigenvalue weighted by Crippen LogP contribution is 2.36. The van der Waals surface area contributed by atoms with Crippen LogP contribution in [0.1, 0.15) is 18.5 Å². The van der Waals surface area contributed by atoms with Crippen molar-refractivity contribution < 1.29 is 36.2 Å². The van der Waals surface area contributed by atoms with Crippen LogP contribution in [0.2, 0.25) is 5.02 Å². The fraction of sp³-hybridized carbons (Fsp3) is 0.417. The van der Waals surface area contributed by atoms with Gasteiger partial charge >= 0.3 is 18.3 Å². The molecule has 2 N–H and O–H groups in total. The fourth-order valence-corrected chi connectivity index (χ4v) is 1.71. The van der Waals surface area contributed by atoms with Crippen LogP contribution in [0.5, 0.6) is 5.75 Å². The molecule has 0 aliphatic heterocycles. The third-order valence-corrected chi connectivity index (χ3v) is 2.77. The van der Waals surface area contributed by atoms with Crippen molar-refractivity contribution in [2.24, 2.45) is 5.73 Å². The van der Waals surface area contributed by atoms with E-state index in [2.05, 4.69) is 9.47 Å². The molecule has 132 valence electrons. The van der Waals surface area contributed by atoms with E-state index in [1.807, 2.05) is 0 Å². The molecule has 1 rings (SSSR count). The molecule has 0 radical (unpaired) electrons. The summed E-state index contributed by atoms with van der Waals surface area (Å²) in [7, 11) is 0. The molecule has 0 aliphatic carbocycles. The predicted octanol–water partition coefficient (Wildman–Crippen LogP) is 3.86. The molecule has 0 saturated carbocycles. The number of benzene rings is 1. The molecule has 0 aliphatic rings. The highest BCUT2D eigenvalue weighted by Gasteiger charge is 2.48. The van der Waals surface area contributed by atoms with Crippen LogP contribution >= 0.6 is 24.0 Å². The summed E-state index contributed by atoms with van der Waals surface area (Å²) in [4.78, 5) is 11.2. The van der Waals surface area contributed by atoms with Gasteiger partial charge in [0.05, 0.1) is 11.6 Å². The monoisotopic (exact) mass is 383 g/mol. The van der Waals surface area contributed by atoms with E-state index < -0.39 is 35.1 Å². The summed E-state index contributed by atoms with van der Waals surface area (Å²) in [5.74, 6) is -6.68. The second kappa shape index (κ2) is 7.98. The predicted molar refractivity (Wildman–Crippen MR) is 73.9 cm³/mol. The molecule has 11 heteroatoms. The van der Waals surface area contributed by atoms with E-state index in [1.165, 1.54) is 6.92 Å². The normalized spacial score (nSPS) is 13.0. The van der Waals surface area contributed by atoms with Gasteiger partial charge in [-0.2, -0.15) is 8.78 Å². The average molecular weight is 384 g/mol. The first-order valence-corrected chi connectivity index (χ1v) is 6.22. The first kappa shape index (κ1) is 21.7. The Hall–Kier alpha value is -1.32. The molecule has 0 bridgehead atoms. The van der Waals surface area contributed by atoms with Crippen molar-refractivity contribution in [3.05, 3.63) is 28.8 Å². The lowest BCUT2D eigenvalue weighted by Gasteiger charge is -2.22. The molecule has 0 spiro atoms. The Balaban J connectivity index is 0.00000484. The molecular formula is C12H12Cl2F5NO3. The number of carbonyl (C=O) groups excluding carboxylic acids is 1. The van der Waals surface area contributed by atoms with Crippen molar-refractivity contribution in [3.8, 4) is 5.75 Å². The Morgan fingerprint density at radius 3 is 2.30 bits per heavy atom. The van der Waals surface area contributed by atoms with Crippen LogP contribution in [-0.4, -0.2) is 24.9 Å². The molecule has 0 aromatic heterocycles. The summed E-state index contributed by atoms with van der Waals surface area (Å²) in [6.07, 6.45) is -4.98. The number of halogens is 7. The largest absolute Gasteiger partial charge is 0.573 e. The first-order valence-electron chi connectivity index (χ1n) is 5.84. The van der Waals surface area contributed by atoms with Gasteiger partial charge < -0.3 is 15.2 Å². The summed E-state index contributed by atoms with van der Waals surface area (Å²) < 4.78 is 71.5. The van der Waals surface area contributed by atoms with Crippen molar-refractivity contribution in [2.45, 2.75) is 25.3 Å². The molecule has 1 aromatic carbocycles. The van der Waals surface area contributed by atoms with Gasteiger partial charge in [0.15, 0.2) is 0 Å². The van der Waals surface area contributed by atoms with E-state index in [4.69, 9.17) is 17.3 Å². The topological polar surface area (TPSA) is 61.5 Å². The van der Waals surface area contributed by atoms with Gasteiger partial charge in [0.1, 0.15) is 11.8 Å². The summed E-state index contributed by atoms with van der Waals surface area (Å²) in [6.45, 7) is 1.06. The van der Waals surface area contributed by atoms with Crippen LogP contribution < -0.4 is 10.5 Å². The zero-order valence-corrected chi connectivity index (χ0v) is 13.1. The third-order valence-electron chi connectivity index (χ3n) is 2.48. The van der Waals surface area contributed by atoms with Crippen molar-refractivity contribution in [1.82, 2.24) is 0 Å². The first-order chi connectivity index (χ1) is 9.99. The minimum absolute atomic E-state index is 0. The van der Waals surface area contributed by atoms with Crippen LogP contribution in [0.4, 0.5) is 22.0 Å². The molecule has 0 fully saturated rings. The number of rotatable bonds is 5. The standard InChI is InChI=1S/C12H11ClF5NO3.ClH/c1-2-21-10(20)11(14,15)9(19)6-3-4-8(7(13)5-6)22-12(16,17)18;/h3-5,9H,2,19H2,1H3;1H/t9-;/m1./s1. The van der Waals surface area contributed by atoms with Gasteiger partial charge in [-0.1, -0.05) is 17.7 Å². The van der Waals surface area contributed by atoms with E-state index in [1.54, 1.807) is 0 Å². The van der Waals surface area contributed by atoms with Gasteiger partial charge in [-0.05, 0) is 24.6 Å². The number of ether oxygens (including phenoxy) is 2. The zero-order chi connectivity index (χ0) is 17.1. The van der Waals surface area contributed by atoms with Crippen LogP contribution in [0.25, 0.3) is 0 Å². The molecule has 0 saturated heterocycles. The molecule has 0 unspecified atom stereocenters. The lowest BCUT2D eigenvalue weighted by molar-refractivity contribution is -0.274. The molecule has 23 heavy (non-hydrogen) atoms. The van der Waals surface area contributed by atoms with Gasteiger partial charge in [0.2, 0.25) is 0 Å². The van der Waals surface area contributed by atoms with Crippen molar-refractivity contribution in [2.75, 3.05) is 6.61 Å². The Labute approximate surface area is 139 Å². The number of esters is 1. The Bertz CT molecular complexity index is 554. The second-order valence-corrected chi connectivity index (χ2v) is 4.47. The lowest BCUT2D eigenvalue weighted by atomic mass is 10.0. The van der Waals surface area contributed by atoms with Gasteiger partial charge in [0, 0.05) is 0 Å². The van der Waals surface area contributed by atoms with Gasteiger partial charge in [-0.15, -0.1) is 25.6 Å². The van der Waals surface area contributed by atoms with Gasteiger partial charge in [0.25, 0.3) is 0 Å². The fourth-order valence-electron chi connectivity index (χ4n) is 1.48. The van der Waals surface area contributed by atoms with Crippen LogP contribution in [0.15, 0.2) is 18.2 Å². The van der Waals surface area contributed by atoms with Crippen LogP contribution in [-0.2, 0) is 9.53 Å². The number of alkyl halides is 5. The minimum atomic E-state index is -4.98. The molecule has 1 atom stereocenters. The maximum absolute atomic E-state index is 13.7. The quantitative estimate of drug-likeness (QED) is 0.619. The van der Waals surface area contributed by atoms with Crippen molar-refractivity contribution in [3.63, 3.8) is 0 Å². The van der Waals surface area contributed by atoms with Crippen molar-refractivity contribution in [1.29, 1.82) is 0 Å². The number of carbonyl (C=O) groups is 1. The highest BCUT2D eigenvalue weighted by molar-refractivity contribution is 6.32. The Morgan fingerprint density at radius 1 is 1.30 bits per heavy atom. The molecular weight excluding hydrogens is 372 g/mol. The van der Waals surface area contributed by atoms with Crippen LogP contribution in [0, 0.1) is 0 Å². The maximum atomic E-state index is 13.7. The summed E-state index contributed by atoms with van der Waals surface area (Å²) >= 11 is 5.53. The number of hydrogen-bond donors (Lipinski definition) is 1. The second-order valence-electron chi connectivity index (χ2n) is 4.06. The smallest absolute Gasteiger partial charge is 0.462 e. The SMILES string of the molecule is CCOC(=O)C(F)(F)[C@H](N)c1ccc(OC(F)(F)F)c(Cl)c1.Cl. The van der Waals surface area contributed by atoms with E-state index in [0.717, 1.165) is 18.2 Å². The third kappa shape index (κ3) is 5.67. The van der Waals surface area contributed by atoms with Crippen molar-refractivity contribution >= 4 is 30.0 Å². The van der Waals surface area contributed by atoms with Crippen LogP contribution in [0.3, 0.4) is 0 Å². The van der Waals surface area contributed by atoms with E-state index in [-0.39, 0.29) is 24.6 Å². The molecule has 0 amide bonds. The minimum Gasteiger partial charge on any atom is -0.462 e. The highest BCUT2D eigenvalue weighted by atomic mass is 35.5. The lowest BCUT2D eigenvalue weighted by Crippen LogP contribution is -2.41. The number of hydrogen-bond acceptors (Lipinski definition) is 4. The zero-order valence-electron chi connectivity index (χ0n) is 11.5. The van der Waals surface area contributed by atoms with E-state index in [0.29, 0.717) is 0 Å². The van der Waals surface area contributed by atoms with E-state index >= 15 is 0 Å². The Morgan fingerprint density at radius 2 is 1.87 bits per heavy atom. The Kier molecular flexibility index (Phi) is 7.52. The number of nitrogens with two attached hydrogens (primary N) is 1.